The van der Waals surface area contributed by atoms with Gasteiger partial charge in [-0.2, -0.15) is 0 Å². The molecular formula is C14H20N2O4. The van der Waals surface area contributed by atoms with Gasteiger partial charge in [0.05, 0.1) is 6.10 Å². The maximum Gasteiger partial charge on any atom is 0.326 e. The number of nitrogens with two attached hydrogens (primary N) is 1. The zero-order valence-corrected chi connectivity index (χ0v) is 11.6. The second kappa shape index (κ2) is 6.56. The van der Waals surface area contributed by atoms with Crippen LogP contribution in [0, 0.1) is 0 Å². The molecule has 0 radical (unpaired) electrons. The van der Waals surface area contributed by atoms with Gasteiger partial charge in [0, 0.05) is 31.5 Å². The Morgan fingerprint density at radius 3 is 2.90 bits per heavy atom. The molecule has 1 saturated carbocycles. The van der Waals surface area contributed by atoms with E-state index in [-0.39, 0.29) is 24.3 Å². The van der Waals surface area contributed by atoms with E-state index in [0.29, 0.717) is 12.1 Å². The van der Waals surface area contributed by atoms with Crippen molar-refractivity contribution in [3.8, 4) is 0 Å². The second-order valence-corrected chi connectivity index (χ2v) is 5.06. The molecular weight excluding hydrogens is 260 g/mol. The molecule has 0 aliphatic heterocycles. The van der Waals surface area contributed by atoms with Gasteiger partial charge < -0.3 is 19.8 Å². The Balaban J connectivity index is 1.92. The number of ether oxygens (including phenoxy) is 2. The van der Waals surface area contributed by atoms with Gasteiger partial charge in [-0.25, -0.2) is 0 Å². The van der Waals surface area contributed by atoms with E-state index in [0.717, 1.165) is 19.3 Å². The summed E-state index contributed by atoms with van der Waals surface area (Å²) in [6.07, 6.45) is 5.01. The van der Waals surface area contributed by atoms with Crippen molar-refractivity contribution in [1.29, 1.82) is 0 Å². The highest BCUT2D eigenvalue weighted by Crippen LogP contribution is 2.23. The number of esters is 1. The highest BCUT2D eigenvalue weighted by molar-refractivity contribution is 5.69. The van der Waals surface area contributed by atoms with Gasteiger partial charge in [-0.3, -0.25) is 9.59 Å². The largest absolute Gasteiger partial charge is 0.461 e. The van der Waals surface area contributed by atoms with Gasteiger partial charge >= 0.3 is 5.97 Å². The summed E-state index contributed by atoms with van der Waals surface area (Å²) in [5.74, 6) is -0.417. The number of pyridine rings is 1. The zero-order chi connectivity index (χ0) is 14.5. The first kappa shape index (κ1) is 14.6. The molecule has 6 heteroatoms. The summed E-state index contributed by atoms with van der Waals surface area (Å²) in [7, 11) is 1.67. The number of anilines is 1. The fraction of sp³-hybridized carbons (Fsp3) is 0.571. The fourth-order valence-electron chi connectivity index (χ4n) is 2.46. The third-order valence-corrected chi connectivity index (χ3v) is 3.52. The van der Waals surface area contributed by atoms with Gasteiger partial charge in [0.2, 0.25) is 0 Å². The van der Waals surface area contributed by atoms with E-state index in [1.54, 1.807) is 7.11 Å². The number of carbonyl (C=O) groups excluding carboxylic acids is 1. The van der Waals surface area contributed by atoms with Gasteiger partial charge in [-0.1, -0.05) is 0 Å². The molecule has 1 aromatic rings. The van der Waals surface area contributed by atoms with E-state index in [4.69, 9.17) is 15.2 Å². The molecule has 0 saturated heterocycles. The van der Waals surface area contributed by atoms with E-state index in [9.17, 15) is 9.59 Å². The molecule has 0 bridgehead atoms. The molecule has 6 nitrogen and oxygen atoms in total. The summed E-state index contributed by atoms with van der Waals surface area (Å²) in [6.45, 7) is -0.113. The van der Waals surface area contributed by atoms with Crippen LogP contribution >= 0.6 is 0 Å². The van der Waals surface area contributed by atoms with Crippen molar-refractivity contribution < 1.29 is 14.3 Å². The lowest BCUT2D eigenvalue weighted by atomic mass is 9.95. The van der Waals surface area contributed by atoms with Crippen molar-refractivity contribution in [2.45, 2.75) is 44.4 Å². The van der Waals surface area contributed by atoms with Crippen LogP contribution in [0.15, 0.2) is 23.1 Å². The highest BCUT2D eigenvalue weighted by atomic mass is 16.5. The van der Waals surface area contributed by atoms with Gasteiger partial charge in [-0.05, 0) is 25.3 Å². The first-order valence-corrected chi connectivity index (χ1v) is 6.76. The molecule has 2 unspecified atom stereocenters. The normalized spacial score (nSPS) is 22.4. The number of rotatable bonds is 4. The zero-order valence-electron chi connectivity index (χ0n) is 11.6. The Morgan fingerprint density at radius 2 is 2.15 bits per heavy atom. The number of methoxy groups -OCH3 is 1. The SMILES string of the molecule is COC1CCCC(OC(=O)Cn2cc(N)ccc2=O)C1. The maximum atomic E-state index is 11.9. The molecule has 0 amide bonds. The molecule has 20 heavy (non-hydrogen) atoms. The van der Waals surface area contributed by atoms with Crippen molar-refractivity contribution in [3.05, 3.63) is 28.7 Å². The minimum atomic E-state index is -0.417. The summed E-state index contributed by atoms with van der Waals surface area (Å²) < 4.78 is 12.0. The van der Waals surface area contributed by atoms with Crippen LogP contribution in [0.4, 0.5) is 5.69 Å². The molecule has 2 atom stereocenters. The van der Waals surface area contributed by atoms with Gasteiger partial charge in [0.25, 0.3) is 5.56 Å². The number of nitrogens with zero attached hydrogens (tertiary/aromatic N) is 1. The lowest BCUT2D eigenvalue weighted by Crippen LogP contribution is -2.32. The van der Waals surface area contributed by atoms with Gasteiger partial charge in [0.15, 0.2) is 0 Å². The number of hydrogen-bond donors (Lipinski definition) is 1. The van der Waals surface area contributed by atoms with E-state index >= 15 is 0 Å². The van der Waals surface area contributed by atoms with Crippen LogP contribution < -0.4 is 11.3 Å². The third-order valence-electron chi connectivity index (χ3n) is 3.52. The summed E-state index contributed by atoms with van der Waals surface area (Å²) in [6, 6.07) is 2.85. The minimum Gasteiger partial charge on any atom is -0.461 e. The van der Waals surface area contributed by atoms with Crippen LogP contribution in [0.5, 0.6) is 0 Å². The van der Waals surface area contributed by atoms with Crippen molar-refractivity contribution in [2.75, 3.05) is 12.8 Å². The molecule has 1 aromatic heterocycles. The quantitative estimate of drug-likeness (QED) is 0.830. The molecule has 0 spiro atoms. The number of nitrogen functional groups attached to an aromatic ring is 1. The predicted molar refractivity (Wildman–Crippen MR) is 74.3 cm³/mol. The van der Waals surface area contributed by atoms with E-state index < -0.39 is 5.97 Å². The average Bonchev–Trinajstić information content (AvgIpc) is 2.43. The summed E-state index contributed by atoms with van der Waals surface area (Å²) in [5, 5.41) is 0. The van der Waals surface area contributed by atoms with Crippen molar-refractivity contribution in [2.24, 2.45) is 0 Å². The molecule has 1 aliphatic carbocycles. The topological polar surface area (TPSA) is 83.6 Å². The van der Waals surface area contributed by atoms with Gasteiger partial charge in [-0.15, -0.1) is 0 Å². The average molecular weight is 280 g/mol. The predicted octanol–water partition coefficient (Wildman–Crippen LogP) is 0.931. The maximum absolute atomic E-state index is 11.9. The molecule has 110 valence electrons. The summed E-state index contributed by atoms with van der Waals surface area (Å²) >= 11 is 0. The van der Waals surface area contributed by atoms with Crippen LogP contribution in [0.3, 0.4) is 0 Å². The number of hydrogen-bond acceptors (Lipinski definition) is 5. The number of carbonyl (C=O) groups is 1. The molecule has 2 rings (SSSR count). The summed E-state index contributed by atoms with van der Waals surface area (Å²) in [4.78, 5) is 23.5. The molecule has 1 heterocycles. The first-order valence-electron chi connectivity index (χ1n) is 6.76. The summed E-state index contributed by atoms with van der Waals surface area (Å²) in [5.41, 5.74) is 5.77. The Kier molecular flexibility index (Phi) is 4.79. The van der Waals surface area contributed by atoms with E-state index in [1.807, 2.05) is 0 Å². The Labute approximate surface area is 117 Å². The van der Waals surface area contributed by atoms with Crippen LogP contribution in [0.25, 0.3) is 0 Å². The Morgan fingerprint density at radius 1 is 1.40 bits per heavy atom. The van der Waals surface area contributed by atoms with Crippen LogP contribution in [0.2, 0.25) is 0 Å². The van der Waals surface area contributed by atoms with E-state index in [2.05, 4.69) is 0 Å². The lowest BCUT2D eigenvalue weighted by Gasteiger charge is -2.27. The highest BCUT2D eigenvalue weighted by Gasteiger charge is 2.24. The van der Waals surface area contributed by atoms with E-state index in [1.165, 1.54) is 22.9 Å². The number of aromatic nitrogens is 1. The van der Waals surface area contributed by atoms with Crippen molar-refractivity contribution in [3.63, 3.8) is 0 Å². The van der Waals surface area contributed by atoms with Gasteiger partial charge in [0.1, 0.15) is 12.6 Å². The Bertz CT molecular complexity index is 526. The Hall–Kier alpha value is -1.82. The van der Waals surface area contributed by atoms with Crippen molar-refractivity contribution >= 4 is 11.7 Å². The molecule has 1 fully saturated rings. The molecule has 0 aromatic carbocycles. The fourth-order valence-corrected chi connectivity index (χ4v) is 2.46. The standard InChI is InChI=1S/C14H20N2O4/c1-19-11-3-2-4-12(7-11)20-14(18)9-16-8-10(15)5-6-13(16)17/h5-6,8,11-12H,2-4,7,9,15H2,1H3. The van der Waals surface area contributed by atoms with Crippen LogP contribution in [-0.4, -0.2) is 29.9 Å². The van der Waals surface area contributed by atoms with Crippen molar-refractivity contribution in [1.82, 2.24) is 4.57 Å². The lowest BCUT2D eigenvalue weighted by molar-refractivity contribution is -0.153. The van der Waals surface area contributed by atoms with Crippen LogP contribution in [-0.2, 0) is 20.8 Å². The first-order chi connectivity index (χ1) is 9.58. The third kappa shape index (κ3) is 3.84. The van der Waals surface area contributed by atoms with Crippen LogP contribution in [0.1, 0.15) is 25.7 Å². The minimum absolute atomic E-state index is 0.113. The smallest absolute Gasteiger partial charge is 0.326 e. The monoisotopic (exact) mass is 280 g/mol. The second-order valence-electron chi connectivity index (χ2n) is 5.06. The molecule has 1 aliphatic rings. The molecule has 2 N–H and O–H groups in total.